The number of nitrogens with zero attached hydrogens (tertiary/aromatic N) is 1. The molecule has 0 aromatic heterocycles. The predicted molar refractivity (Wildman–Crippen MR) is 107 cm³/mol. The molecule has 1 aliphatic heterocycles. The standard InChI is InChI=1S/C22H28N2O4/c1-17(28-21-8-4-7-20(14-21)26-2)22(25)23-15-18-5-3-6-19(13-18)16-24-9-11-27-12-10-24/h3-8,13-14,17H,9-12,15-16H2,1-2H3,(H,23,25)/t17-/m0/s1. The molecule has 3 rings (SSSR count). The zero-order chi connectivity index (χ0) is 19.8. The zero-order valence-corrected chi connectivity index (χ0v) is 16.5. The van der Waals surface area contributed by atoms with Gasteiger partial charge in [0.1, 0.15) is 11.5 Å². The van der Waals surface area contributed by atoms with Gasteiger partial charge in [-0.3, -0.25) is 9.69 Å². The number of methoxy groups -OCH3 is 1. The van der Waals surface area contributed by atoms with Crippen LogP contribution in [0.3, 0.4) is 0 Å². The minimum absolute atomic E-state index is 0.151. The lowest BCUT2D eigenvalue weighted by molar-refractivity contribution is -0.127. The van der Waals surface area contributed by atoms with Gasteiger partial charge in [0.2, 0.25) is 0 Å². The third-order valence-electron chi connectivity index (χ3n) is 4.69. The number of benzene rings is 2. The van der Waals surface area contributed by atoms with E-state index >= 15 is 0 Å². The smallest absolute Gasteiger partial charge is 0.261 e. The Morgan fingerprint density at radius 1 is 1.11 bits per heavy atom. The molecule has 150 valence electrons. The Balaban J connectivity index is 1.50. The summed E-state index contributed by atoms with van der Waals surface area (Å²) < 4.78 is 16.3. The second-order valence-corrected chi connectivity index (χ2v) is 6.87. The Morgan fingerprint density at radius 3 is 2.61 bits per heavy atom. The number of hydrogen-bond acceptors (Lipinski definition) is 5. The number of ether oxygens (including phenoxy) is 3. The minimum Gasteiger partial charge on any atom is -0.497 e. The fourth-order valence-corrected chi connectivity index (χ4v) is 3.12. The van der Waals surface area contributed by atoms with E-state index in [-0.39, 0.29) is 5.91 Å². The van der Waals surface area contributed by atoms with E-state index in [1.165, 1.54) is 5.56 Å². The molecule has 1 saturated heterocycles. The molecule has 0 spiro atoms. The lowest BCUT2D eigenvalue weighted by Gasteiger charge is -2.26. The van der Waals surface area contributed by atoms with Gasteiger partial charge in [-0.25, -0.2) is 0 Å². The van der Waals surface area contributed by atoms with Gasteiger partial charge in [0.05, 0.1) is 20.3 Å². The van der Waals surface area contributed by atoms with Gasteiger partial charge in [-0.05, 0) is 30.2 Å². The molecule has 1 N–H and O–H groups in total. The van der Waals surface area contributed by atoms with E-state index in [4.69, 9.17) is 14.2 Å². The molecule has 1 heterocycles. The van der Waals surface area contributed by atoms with Gasteiger partial charge in [0.15, 0.2) is 6.10 Å². The Morgan fingerprint density at radius 2 is 1.82 bits per heavy atom. The Labute approximate surface area is 166 Å². The van der Waals surface area contributed by atoms with Gasteiger partial charge in [0, 0.05) is 32.2 Å². The molecule has 1 aliphatic rings. The molecule has 1 amide bonds. The monoisotopic (exact) mass is 384 g/mol. The van der Waals surface area contributed by atoms with Crippen molar-refractivity contribution in [2.24, 2.45) is 0 Å². The first kappa shape index (κ1) is 20.2. The van der Waals surface area contributed by atoms with E-state index in [0.29, 0.717) is 18.0 Å². The first-order valence-electron chi connectivity index (χ1n) is 9.60. The molecule has 0 aliphatic carbocycles. The molecule has 28 heavy (non-hydrogen) atoms. The van der Waals surface area contributed by atoms with E-state index in [0.717, 1.165) is 38.4 Å². The fraction of sp³-hybridized carbons (Fsp3) is 0.409. The Bertz CT molecular complexity index is 775. The van der Waals surface area contributed by atoms with Crippen molar-refractivity contribution in [2.75, 3.05) is 33.4 Å². The quantitative estimate of drug-likeness (QED) is 0.758. The molecule has 2 aromatic carbocycles. The predicted octanol–water partition coefficient (Wildman–Crippen LogP) is 2.61. The summed E-state index contributed by atoms with van der Waals surface area (Å²) in [7, 11) is 1.60. The molecule has 0 bridgehead atoms. The van der Waals surface area contributed by atoms with Crippen LogP contribution in [0, 0.1) is 0 Å². The summed E-state index contributed by atoms with van der Waals surface area (Å²) in [6.07, 6.45) is -0.594. The molecular weight excluding hydrogens is 356 g/mol. The average Bonchev–Trinajstić information content (AvgIpc) is 2.73. The number of rotatable bonds is 8. The van der Waals surface area contributed by atoms with Gasteiger partial charge < -0.3 is 19.5 Å². The van der Waals surface area contributed by atoms with Gasteiger partial charge in [-0.2, -0.15) is 0 Å². The lowest BCUT2D eigenvalue weighted by Crippen LogP contribution is -2.36. The molecule has 0 radical (unpaired) electrons. The highest BCUT2D eigenvalue weighted by Crippen LogP contribution is 2.20. The largest absolute Gasteiger partial charge is 0.497 e. The normalized spacial score (nSPS) is 15.6. The number of morpholine rings is 1. The lowest BCUT2D eigenvalue weighted by atomic mass is 10.1. The van der Waals surface area contributed by atoms with Crippen molar-refractivity contribution in [1.29, 1.82) is 0 Å². The van der Waals surface area contributed by atoms with Crippen molar-refractivity contribution in [1.82, 2.24) is 10.2 Å². The number of carbonyl (C=O) groups excluding carboxylic acids is 1. The third-order valence-corrected chi connectivity index (χ3v) is 4.69. The van der Waals surface area contributed by atoms with Crippen LogP contribution in [0.25, 0.3) is 0 Å². The maximum absolute atomic E-state index is 12.4. The van der Waals surface area contributed by atoms with Crippen molar-refractivity contribution in [3.63, 3.8) is 0 Å². The topological polar surface area (TPSA) is 60.0 Å². The van der Waals surface area contributed by atoms with Crippen LogP contribution in [0.5, 0.6) is 11.5 Å². The molecule has 1 fully saturated rings. The summed E-state index contributed by atoms with van der Waals surface area (Å²) in [5.41, 5.74) is 2.32. The number of nitrogens with one attached hydrogen (secondary N) is 1. The summed E-state index contributed by atoms with van der Waals surface area (Å²) >= 11 is 0. The first-order valence-corrected chi connectivity index (χ1v) is 9.60. The van der Waals surface area contributed by atoms with Crippen LogP contribution in [-0.2, 0) is 22.6 Å². The molecule has 0 saturated carbocycles. The number of amides is 1. The molecular formula is C22H28N2O4. The van der Waals surface area contributed by atoms with Crippen molar-refractivity contribution >= 4 is 5.91 Å². The van der Waals surface area contributed by atoms with Crippen LogP contribution >= 0.6 is 0 Å². The summed E-state index contributed by atoms with van der Waals surface area (Å²) in [6, 6.07) is 15.6. The van der Waals surface area contributed by atoms with E-state index in [1.807, 2.05) is 24.3 Å². The zero-order valence-electron chi connectivity index (χ0n) is 16.5. The van der Waals surface area contributed by atoms with Crippen molar-refractivity contribution in [2.45, 2.75) is 26.1 Å². The minimum atomic E-state index is -0.594. The van der Waals surface area contributed by atoms with E-state index in [9.17, 15) is 4.79 Å². The van der Waals surface area contributed by atoms with Gasteiger partial charge >= 0.3 is 0 Å². The average molecular weight is 384 g/mol. The molecule has 6 nitrogen and oxygen atoms in total. The van der Waals surface area contributed by atoms with Gasteiger partial charge in [-0.15, -0.1) is 0 Å². The Kier molecular flexibility index (Phi) is 7.28. The van der Waals surface area contributed by atoms with Gasteiger partial charge in [0.25, 0.3) is 5.91 Å². The number of carbonyl (C=O) groups is 1. The van der Waals surface area contributed by atoms with Crippen LogP contribution < -0.4 is 14.8 Å². The molecule has 2 aromatic rings. The maximum Gasteiger partial charge on any atom is 0.261 e. The second kappa shape index (κ2) is 10.1. The molecule has 6 heteroatoms. The van der Waals surface area contributed by atoms with E-state index < -0.39 is 6.10 Å². The van der Waals surface area contributed by atoms with Crippen LogP contribution in [0.1, 0.15) is 18.1 Å². The van der Waals surface area contributed by atoms with E-state index in [1.54, 1.807) is 26.2 Å². The van der Waals surface area contributed by atoms with Crippen molar-refractivity contribution < 1.29 is 19.0 Å². The summed E-state index contributed by atoms with van der Waals surface area (Å²) in [5.74, 6) is 1.15. The third kappa shape index (κ3) is 5.97. The second-order valence-electron chi connectivity index (χ2n) is 6.87. The highest BCUT2D eigenvalue weighted by molar-refractivity contribution is 5.80. The molecule has 0 unspecified atom stereocenters. The summed E-state index contributed by atoms with van der Waals surface area (Å²) in [5, 5.41) is 2.95. The van der Waals surface area contributed by atoms with Crippen LogP contribution in [0.4, 0.5) is 0 Å². The summed E-state index contributed by atoms with van der Waals surface area (Å²) in [4.78, 5) is 14.8. The van der Waals surface area contributed by atoms with Crippen LogP contribution in [0.15, 0.2) is 48.5 Å². The maximum atomic E-state index is 12.4. The van der Waals surface area contributed by atoms with Crippen molar-refractivity contribution in [3.05, 3.63) is 59.7 Å². The number of hydrogen-bond donors (Lipinski definition) is 1. The van der Waals surface area contributed by atoms with E-state index in [2.05, 4.69) is 22.3 Å². The highest BCUT2D eigenvalue weighted by Gasteiger charge is 2.15. The van der Waals surface area contributed by atoms with Crippen LogP contribution in [0.2, 0.25) is 0 Å². The fourth-order valence-electron chi connectivity index (χ4n) is 3.12. The van der Waals surface area contributed by atoms with Crippen molar-refractivity contribution in [3.8, 4) is 11.5 Å². The molecule has 1 atom stereocenters. The summed E-state index contributed by atoms with van der Waals surface area (Å²) in [6.45, 7) is 6.62. The van der Waals surface area contributed by atoms with Crippen LogP contribution in [-0.4, -0.2) is 50.3 Å². The SMILES string of the molecule is COc1cccc(O[C@@H](C)C(=O)NCc2cccc(CN3CCOCC3)c2)c1. The first-order chi connectivity index (χ1) is 13.6. The Hall–Kier alpha value is -2.57. The van der Waals surface area contributed by atoms with Gasteiger partial charge in [-0.1, -0.05) is 30.3 Å². The highest BCUT2D eigenvalue weighted by atomic mass is 16.5.